The Bertz CT molecular complexity index is 1630. The van der Waals surface area contributed by atoms with Crippen molar-refractivity contribution in [3.63, 3.8) is 0 Å². The van der Waals surface area contributed by atoms with Gasteiger partial charge in [-0.15, -0.1) is 0 Å². The minimum atomic E-state index is -4.12. The molecule has 1 N–H and O–H groups in total. The monoisotopic (exact) mass is 560 g/mol. The molecule has 9 nitrogen and oxygen atoms in total. The van der Waals surface area contributed by atoms with E-state index in [1.807, 2.05) is 39.0 Å². The molecule has 0 atom stereocenters. The summed E-state index contributed by atoms with van der Waals surface area (Å²) in [6.45, 7) is 5.48. The number of aromatic nitrogens is 1. The molecule has 4 aromatic rings. The number of ether oxygens (including phenoxy) is 2. The van der Waals surface area contributed by atoms with E-state index in [-0.39, 0.29) is 16.3 Å². The van der Waals surface area contributed by atoms with Gasteiger partial charge in [0.1, 0.15) is 18.0 Å². The first kappa shape index (κ1) is 28.4. The Balaban J connectivity index is 1.59. The summed E-state index contributed by atoms with van der Waals surface area (Å²) in [4.78, 5) is 13.1. The first-order valence-electron chi connectivity index (χ1n) is 12.5. The second-order valence-electron chi connectivity index (χ2n) is 9.15. The van der Waals surface area contributed by atoms with Crippen LogP contribution in [0.2, 0.25) is 0 Å². The van der Waals surface area contributed by atoms with Crippen molar-refractivity contribution in [2.75, 3.05) is 25.1 Å². The fourth-order valence-electron chi connectivity index (χ4n) is 4.36. The zero-order chi connectivity index (χ0) is 28.9. The van der Waals surface area contributed by atoms with E-state index in [1.165, 1.54) is 38.0 Å². The number of nitrogens with one attached hydrogen (secondary N) is 1. The lowest BCUT2D eigenvalue weighted by Gasteiger charge is -2.25. The number of hydrazone groups is 1. The number of nitrogens with zero attached hydrogens (tertiary/aromatic N) is 3. The molecule has 0 radical (unpaired) electrons. The Morgan fingerprint density at radius 3 is 2.30 bits per heavy atom. The molecule has 1 amide bonds. The molecule has 0 fully saturated rings. The van der Waals surface area contributed by atoms with Gasteiger partial charge in [-0.25, -0.2) is 13.8 Å². The van der Waals surface area contributed by atoms with Crippen molar-refractivity contribution in [1.29, 1.82) is 0 Å². The second-order valence-corrected chi connectivity index (χ2v) is 11.0. The summed E-state index contributed by atoms with van der Waals surface area (Å²) < 4.78 is 41.1. The number of methoxy groups -OCH3 is 2. The Labute approximate surface area is 234 Å². The molecule has 0 aliphatic rings. The first-order chi connectivity index (χ1) is 19.1. The highest BCUT2D eigenvalue weighted by Gasteiger charge is 2.29. The van der Waals surface area contributed by atoms with Crippen molar-refractivity contribution >= 4 is 27.8 Å². The lowest BCUT2D eigenvalue weighted by Crippen LogP contribution is -2.39. The van der Waals surface area contributed by atoms with E-state index < -0.39 is 22.5 Å². The van der Waals surface area contributed by atoms with E-state index in [0.29, 0.717) is 5.75 Å². The van der Waals surface area contributed by atoms with Crippen LogP contribution in [0.15, 0.2) is 88.9 Å². The van der Waals surface area contributed by atoms with Gasteiger partial charge in [-0.05, 0) is 63.2 Å². The van der Waals surface area contributed by atoms with E-state index in [4.69, 9.17) is 9.47 Å². The number of hydrogen-bond acceptors (Lipinski definition) is 6. The first-order valence-corrected chi connectivity index (χ1v) is 14.0. The van der Waals surface area contributed by atoms with Crippen molar-refractivity contribution in [3.05, 3.63) is 101 Å². The van der Waals surface area contributed by atoms with Crippen LogP contribution in [0.1, 0.15) is 22.5 Å². The Hall–Kier alpha value is -4.57. The minimum Gasteiger partial charge on any atom is -0.497 e. The van der Waals surface area contributed by atoms with Gasteiger partial charge in [0.05, 0.1) is 31.0 Å². The molecule has 0 saturated carbocycles. The summed E-state index contributed by atoms with van der Waals surface area (Å²) in [6.07, 6.45) is 1.55. The van der Waals surface area contributed by atoms with Gasteiger partial charge < -0.3 is 14.0 Å². The number of carbonyl (C=O) groups is 1. The molecule has 0 bridgehead atoms. The van der Waals surface area contributed by atoms with Crippen LogP contribution in [0.4, 0.5) is 5.69 Å². The predicted octanol–water partition coefficient (Wildman–Crippen LogP) is 4.77. The quantitative estimate of drug-likeness (QED) is 0.223. The highest BCUT2D eigenvalue weighted by molar-refractivity contribution is 7.92. The normalized spacial score (nSPS) is 11.4. The van der Waals surface area contributed by atoms with Crippen LogP contribution in [0.3, 0.4) is 0 Å². The fourth-order valence-corrected chi connectivity index (χ4v) is 5.81. The third-order valence-electron chi connectivity index (χ3n) is 6.43. The second kappa shape index (κ2) is 12.1. The number of benzene rings is 3. The zero-order valence-corrected chi connectivity index (χ0v) is 23.9. The largest absolute Gasteiger partial charge is 0.497 e. The van der Waals surface area contributed by atoms with Gasteiger partial charge in [0.15, 0.2) is 0 Å². The number of sulfonamides is 1. The Kier molecular flexibility index (Phi) is 8.59. The van der Waals surface area contributed by atoms with Gasteiger partial charge in [0.2, 0.25) is 0 Å². The van der Waals surface area contributed by atoms with Crippen molar-refractivity contribution < 1.29 is 22.7 Å². The molecule has 0 saturated heterocycles. The molecule has 0 aliphatic heterocycles. The van der Waals surface area contributed by atoms with Crippen LogP contribution < -0.4 is 19.2 Å². The van der Waals surface area contributed by atoms with Crippen LogP contribution in [0.5, 0.6) is 11.5 Å². The summed E-state index contributed by atoms with van der Waals surface area (Å²) in [6, 6.07) is 22.8. The number of anilines is 1. The van der Waals surface area contributed by atoms with Crippen molar-refractivity contribution in [3.8, 4) is 17.2 Å². The van der Waals surface area contributed by atoms with Crippen LogP contribution in [-0.4, -0.2) is 45.9 Å². The third-order valence-corrected chi connectivity index (χ3v) is 8.20. The smallest absolute Gasteiger partial charge is 0.264 e. The predicted molar refractivity (Wildman–Crippen MR) is 156 cm³/mol. The zero-order valence-electron chi connectivity index (χ0n) is 23.1. The van der Waals surface area contributed by atoms with Crippen LogP contribution in [0.25, 0.3) is 5.69 Å². The number of aryl methyl sites for hydroxylation is 2. The van der Waals surface area contributed by atoms with Gasteiger partial charge in [-0.3, -0.25) is 9.10 Å². The molecule has 10 heteroatoms. The maximum Gasteiger partial charge on any atom is 0.264 e. The van der Waals surface area contributed by atoms with E-state index in [0.717, 1.165) is 26.9 Å². The molecule has 40 heavy (non-hydrogen) atoms. The van der Waals surface area contributed by atoms with Gasteiger partial charge in [0.25, 0.3) is 15.9 Å². The van der Waals surface area contributed by atoms with Crippen molar-refractivity contribution in [2.24, 2.45) is 5.10 Å². The molecule has 0 unspecified atom stereocenters. The number of hydrogen-bond donors (Lipinski definition) is 1. The molecular weight excluding hydrogens is 528 g/mol. The van der Waals surface area contributed by atoms with Gasteiger partial charge in [-0.1, -0.05) is 35.9 Å². The van der Waals surface area contributed by atoms with E-state index in [1.54, 1.807) is 36.5 Å². The highest BCUT2D eigenvalue weighted by atomic mass is 32.2. The standard InChI is InChI=1S/C30H32N4O5S/c1-21-11-13-25(14-12-21)34-22(2)17-24(23(34)3)19-31-32-30(35)20-33(40(36,37)27-9-7-6-8-10-27)28-16-15-26(38-4)18-29(28)39-5/h6-19H,20H2,1-5H3,(H,32,35)/b31-19+. The van der Waals surface area contributed by atoms with Crippen LogP contribution >= 0.6 is 0 Å². The number of carbonyl (C=O) groups excluding carboxylic acids is 1. The Morgan fingerprint density at radius 1 is 0.950 bits per heavy atom. The highest BCUT2D eigenvalue weighted by Crippen LogP contribution is 2.35. The summed E-state index contributed by atoms with van der Waals surface area (Å²) in [5.41, 5.74) is 7.65. The van der Waals surface area contributed by atoms with E-state index >= 15 is 0 Å². The SMILES string of the molecule is COc1ccc(N(CC(=O)N/N=C/c2cc(C)n(-c3ccc(C)cc3)c2C)S(=O)(=O)c2ccccc2)c(OC)c1. The van der Waals surface area contributed by atoms with Crippen molar-refractivity contribution in [1.82, 2.24) is 9.99 Å². The average molecular weight is 561 g/mol. The lowest BCUT2D eigenvalue weighted by atomic mass is 10.2. The van der Waals surface area contributed by atoms with Gasteiger partial charge in [-0.2, -0.15) is 5.10 Å². The molecular formula is C30H32N4O5S. The van der Waals surface area contributed by atoms with Crippen molar-refractivity contribution in [2.45, 2.75) is 25.7 Å². The number of amides is 1. The van der Waals surface area contributed by atoms with Crippen LogP contribution in [0, 0.1) is 20.8 Å². The lowest BCUT2D eigenvalue weighted by molar-refractivity contribution is -0.119. The maximum atomic E-state index is 13.6. The topological polar surface area (TPSA) is 102 Å². The fraction of sp³-hybridized carbons (Fsp3) is 0.200. The molecule has 0 spiro atoms. The molecule has 3 aromatic carbocycles. The van der Waals surface area contributed by atoms with E-state index in [9.17, 15) is 13.2 Å². The summed E-state index contributed by atoms with van der Waals surface area (Å²) in [5, 5.41) is 4.13. The molecule has 208 valence electrons. The maximum absolute atomic E-state index is 13.6. The van der Waals surface area contributed by atoms with E-state index in [2.05, 4.69) is 27.2 Å². The Morgan fingerprint density at radius 2 is 1.65 bits per heavy atom. The molecule has 1 aromatic heterocycles. The third kappa shape index (κ3) is 6.02. The molecule has 0 aliphatic carbocycles. The van der Waals surface area contributed by atoms with Gasteiger partial charge >= 0.3 is 0 Å². The summed E-state index contributed by atoms with van der Waals surface area (Å²) >= 11 is 0. The minimum absolute atomic E-state index is 0.0349. The van der Waals surface area contributed by atoms with Gasteiger partial charge in [0, 0.05) is 28.7 Å². The molecule has 4 rings (SSSR count). The number of rotatable bonds is 10. The summed E-state index contributed by atoms with van der Waals surface area (Å²) in [5.74, 6) is 0.0922. The summed E-state index contributed by atoms with van der Waals surface area (Å²) in [7, 11) is -1.21. The average Bonchev–Trinajstić information content (AvgIpc) is 3.24. The van der Waals surface area contributed by atoms with Crippen LogP contribution in [-0.2, 0) is 14.8 Å². The molecule has 1 heterocycles.